The zero-order valence-electron chi connectivity index (χ0n) is 11.6. The number of aromatic nitrogens is 1. The lowest BCUT2D eigenvalue weighted by Crippen LogP contribution is -2.51. The van der Waals surface area contributed by atoms with E-state index in [9.17, 15) is 18.0 Å². The van der Waals surface area contributed by atoms with Crippen molar-refractivity contribution in [1.29, 1.82) is 0 Å². The van der Waals surface area contributed by atoms with Crippen molar-refractivity contribution < 1.29 is 22.5 Å². The van der Waals surface area contributed by atoms with E-state index < -0.39 is 18.1 Å². The molecule has 2 heterocycles. The Morgan fingerprint density at radius 1 is 1.19 bits per heavy atom. The molecule has 1 aliphatic heterocycles. The van der Waals surface area contributed by atoms with Gasteiger partial charge < -0.3 is 9.42 Å². The summed E-state index contributed by atoms with van der Waals surface area (Å²) in [6.45, 7) is 0.130. The second-order valence-electron chi connectivity index (χ2n) is 5.69. The van der Waals surface area contributed by atoms with Gasteiger partial charge in [-0.3, -0.25) is 4.79 Å². The average Bonchev–Trinajstić information content (AvgIpc) is 2.89. The number of likely N-dealkylation sites (tertiary alicyclic amines) is 1. The number of amides is 1. The Morgan fingerprint density at radius 3 is 2.71 bits per heavy atom. The molecule has 7 heteroatoms. The molecule has 1 unspecified atom stereocenters. The van der Waals surface area contributed by atoms with Gasteiger partial charge in [-0.25, -0.2) is 0 Å². The highest BCUT2D eigenvalue weighted by atomic mass is 19.4. The van der Waals surface area contributed by atoms with Gasteiger partial charge in [0.25, 0.3) is 5.91 Å². The zero-order chi connectivity index (χ0) is 15.0. The maximum atomic E-state index is 13.1. The van der Waals surface area contributed by atoms with E-state index in [-0.39, 0.29) is 18.7 Å². The molecular weight excluding hydrogens is 285 g/mol. The summed E-state index contributed by atoms with van der Waals surface area (Å²) in [5.74, 6) is 0.0223. The van der Waals surface area contributed by atoms with Gasteiger partial charge in [-0.05, 0) is 38.5 Å². The van der Waals surface area contributed by atoms with Crippen LogP contribution in [0.2, 0.25) is 0 Å². The predicted octanol–water partition coefficient (Wildman–Crippen LogP) is 3.11. The van der Waals surface area contributed by atoms with E-state index in [1.165, 1.54) is 0 Å². The molecule has 2 aliphatic rings. The zero-order valence-corrected chi connectivity index (χ0v) is 11.6. The molecule has 0 saturated carbocycles. The molecule has 0 N–H and O–H groups in total. The van der Waals surface area contributed by atoms with Crippen LogP contribution < -0.4 is 0 Å². The van der Waals surface area contributed by atoms with Gasteiger partial charge in [0, 0.05) is 18.5 Å². The molecule has 116 valence electrons. The Kier molecular flexibility index (Phi) is 3.67. The van der Waals surface area contributed by atoms with Crippen LogP contribution in [0.1, 0.15) is 53.9 Å². The predicted molar refractivity (Wildman–Crippen MR) is 67.9 cm³/mol. The van der Waals surface area contributed by atoms with Gasteiger partial charge >= 0.3 is 6.18 Å². The number of alkyl halides is 3. The number of fused-ring (bicyclic) bond motifs is 1. The smallest absolute Gasteiger partial charge is 0.360 e. The largest absolute Gasteiger partial charge is 0.408 e. The Morgan fingerprint density at radius 2 is 1.95 bits per heavy atom. The Balaban J connectivity index is 1.88. The summed E-state index contributed by atoms with van der Waals surface area (Å²) < 4.78 is 44.4. The van der Waals surface area contributed by atoms with E-state index in [0.717, 1.165) is 17.7 Å². The van der Waals surface area contributed by atoms with Crippen LogP contribution in [-0.4, -0.2) is 34.7 Å². The first-order valence-electron chi connectivity index (χ1n) is 7.33. The van der Waals surface area contributed by atoms with Crippen molar-refractivity contribution in [3.63, 3.8) is 0 Å². The normalized spacial score (nSPS) is 23.0. The van der Waals surface area contributed by atoms with Crippen LogP contribution in [0.3, 0.4) is 0 Å². The molecule has 21 heavy (non-hydrogen) atoms. The Labute approximate surface area is 120 Å². The lowest BCUT2D eigenvalue weighted by Gasteiger charge is -2.36. The highest BCUT2D eigenvalue weighted by molar-refractivity contribution is 5.94. The maximum absolute atomic E-state index is 13.1. The summed E-state index contributed by atoms with van der Waals surface area (Å²) >= 11 is 0. The lowest BCUT2D eigenvalue weighted by atomic mass is 9.95. The first-order chi connectivity index (χ1) is 9.98. The summed E-state index contributed by atoms with van der Waals surface area (Å²) in [4.78, 5) is 13.4. The highest BCUT2D eigenvalue weighted by Crippen LogP contribution is 2.34. The van der Waals surface area contributed by atoms with E-state index >= 15 is 0 Å². The van der Waals surface area contributed by atoms with Crippen LogP contribution in [0, 0.1) is 0 Å². The van der Waals surface area contributed by atoms with E-state index in [0.29, 0.717) is 37.0 Å². The number of rotatable bonds is 1. The third-order valence-electron chi connectivity index (χ3n) is 4.29. The van der Waals surface area contributed by atoms with Crippen molar-refractivity contribution in [2.75, 3.05) is 6.54 Å². The number of aryl methyl sites for hydroxylation is 1. The van der Waals surface area contributed by atoms with Gasteiger partial charge in [0.15, 0.2) is 5.69 Å². The number of halogens is 3. The van der Waals surface area contributed by atoms with Gasteiger partial charge in [0.2, 0.25) is 0 Å². The monoisotopic (exact) mass is 302 g/mol. The van der Waals surface area contributed by atoms with E-state index in [2.05, 4.69) is 5.16 Å². The molecule has 1 aromatic rings. The number of piperidine rings is 1. The minimum Gasteiger partial charge on any atom is -0.360 e. The van der Waals surface area contributed by atoms with E-state index in [1.54, 1.807) is 0 Å². The molecule has 1 aromatic heterocycles. The summed E-state index contributed by atoms with van der Waals surface area (Å²) in [5.41, 5.74) is 0.790. The molecule has 1 aliphatic carbocycles. The molecule has 1 fully saturated rings. The standard InChI is InChI=1S/C14H17F3N2O2/c15-14(16,17)11-7-3-4-8-19(11)13(20)12-9-5-1-2-6-10(9)21-18-12/h11H,1-8H2. The Hall–Kier alpha value is -1.53. The number of carbonyl (C=O) groups is 1. The maximum Gasteiger partial charge on any atom is 0.408 e. The molecule has 1 atom stereocenters. The topological polar surface area (TPSA) is 46.3 Å². The van der Waals surface area contributed by atoms with Crippen molar-refractivity contribution in [3.05, 3.63) is 17.0 Å². The van der Waals surface area contributed by atoms with E-state index in [1.807, 2.05) is 0 Å². The van der Waals surface area contributed by atoms with E-state index in [4.69, 9.17) is 4.52 Å². The second-order valence-corrected chi connectivity index (χ2v) is 5.69. The van der Waals surface area contributed by atoms with Crippen LogP contribution >= 0.6 is 0 Å². The van der Waals surface area contributed by atoms with Crippen LogP contribution in [-0.2, 0) is 12.8 Å². The third kappa shape index (κ3) is 2.65. The molecule has 1 amide bonds. The number of hydrogen-bond donors (Lipinski definition) is 0. The van der Waals surface area contributed by atoms with Crippen molar-refractivity contribution >= 4 is 5.91 Å². The molecule has 0 radical (unpaired) electrons. The van der Waals surface area contributed by atoms with Gasteiger partial charge in [-0.1, -0.05) is 5.16 Å². The van der Waals surface area contributed by atoms with Crippen LogP contribution in [0.5, 0.6) is 0 Å². The van der Waals surface area contributed by atoms with Crippen molar-refractivity contribution in [2.45, 2.75) is 57.2 Å². The van der Waals surface area contributed by atoms with Crippen molar-refractivity contribution in [2.24, 2.45) is 0 Å². The van der Waals surface area contributed by atoms with Crippen molar-refractivity contribution in [3.8, 4) is 0 Å². The second kappa shape index (κ2) is 5.35. The van der Waals surface area contributed by atoms with Crippen LogP contribution in [0.25, 0.3) is 0 Å². The quantitative estimate of drug-likeness (QED) is 0.801. The summed E-state index contributed by atoms with van der Waals surface area (Å²) in [6, 6.07) is -1.70. The first kappa shape index (κ1) is 14.4. The van der Waals surface area contributed by atoms with Gasteiger partial charge in [0.05, 0.1) is 0 Å². The molecule has 4 nitrogen and oxygen atoms in total. The van der Waals surface area contributed by atoms with Crippen LogP contribution in [0.4, 0.5) is 13.2 Å². The SMILES string of the molecule is O=C(c1noc2c1CCCC2)N1CCCCC1C(F)(F)F. The molecule has 0 spiro atoms. The molecule has 1 saturated heterocycles. The lowest BCUT2D eigenvalue weighted by molar-refractivity contribution is -0.183. The fourth-order valence-electron chi connectivity index (χ4n) is 3.20. The van der Waals surface area contributed by atoms with Gasteiger partial charge in [-0.2, -0.15) is 13.2 Å². The summed E-state index contributed by atoms with van der Waals surface area (Å²) in [6.07, 6.45) is -0.0942. The summed E-state index contributed by atoms with van der Waals surface area (Å²) in [7, 11) is 0. The minimum atomic E-state index is -4.39. The van der Waals surface area contributed by atoms with Gasteiger partial charge in [-0.15, -0.1) is 0 Å². The molecule has 3 rings (SSSR count). The fraction of sp³-hybridized carbons (Fsp3) is 0.714. The highest BCUT2D eigenvalue weighted by Gasteiger charge is 2.47. The molecule has 0 aromatic carbocycles. The number of hydrogen-bond acceptors (Lipinski definition) is 3. The first-order valence-corrected chi connectivity index (χ1v) is 7.33. The minimum absolute atomic E-state index is 0.0325. The number of nitrogens with zero attached hydrogens (tertiary/aromatic N) is 2. The fourth-order valence-corrected chi connectivity index (χ4v) is 3.20. The summed E-state index contributed by atoms with van der Waals surface area (Å²) in [5, 5.41) is 3.76. The Bertz CT molecular complexity index is 539. The average molecular weight is 302 g/mol. The molecular formula is C14H17F3N2O2. The van der Waals surface area contributed by atoms with Crippen molar-refractivity contribution in [1.82, 2.24) is 10.1 Å². The number of carbonyl (C=O) groups excluding carboxylic acids is 1. The van der Waals surface area contributed by atoms with Crippen LogP contribution in [0.15, 0.2) is 4.52 Å². The third-order valence-corrected chi connectivity index (χ3v) is 4.29. The molecule has 0 bridgehead atoms. The van der Waals surface area contributed by atoms with Gasteiger partial charge in [0.1, 0.15) is 11.8 Å².